The Hall–Kier alpha value is -1.36. The molecule has 0 amide bonds. The topological polar surface area (TPSA) is 39.9 Å². The quantitative estimate of drug-likeness (QED) is 0.892. The molecule has 1 aliphatic rings. The number of aliphatic hydroxyl groups excluding tert-OH is 1. The molecule has 0 radical (unpaired) electrons. The van der Waals surface area contributed by atoms with E-state index < -0.39 is 6.10 Å². The first-order valence-corrected chi connectivity index (χ1v) is 6.70. The van der Waals surface area contributed by atoms with Gasteiger partial charge in [-0.3, -0.25) is 4.90 Å². The summed E-state index contributed by atoms with van der Waals surface area (Å²) in [7, 11) is 4.15. The van der Waals surface area contributed by atoms with Crippen LogP contribution in [0.4, 0.5) is 0 Å². The number of furan rings is 1. The zero-order valence-electron chi connectivity index (χ0n) is 11.4. The smallest absolute Gasteiger partial charge is 0.135 e. The molecular weight excluding hydrogens is 240 g/mol. The Bertz CT molecular complexity index is 533. The van der Waals surface area contributed by atoms with Gasteiger partial charge in [-0.25, -0.2) is 0 Å². The average Bonchev–Trinajstić information content (AvgIpc) is 2.84. The van der Waals surface area contributed by atoms with Crippen LogP contribution in [0.25, 0.3) is 11.0 Å². The highest BCUT2D eigenvalue weighted by atomic mass is 16.4. The first-order valence-electron chi connectivity index (χ1n) is 6.70. The second kappa shape index (κ2) is 4.96. The predicted octanol–water partition coefficient (Wildman–Crippen LogP) is 1.71. The maximum atomic E-state index is 10.6. The lowest BCUT2D eigenvalue weighted by Crippen LogP contribution is -2.52. The van der Waals surface area contributed by atoms with Gasteiger partial charge in [0.15, 0.2) is 0 Å². The van der Waals surface area contributed by atoms with Crippen molar-refractivity contribution in [2.75, 3.05) is 33.7 Å². The Morgan fingerprint density at radius 3 is 2.84 bits per heavy atom. The summed E-state index contributed by atoms with van der Waals surface area (Å²) in [4.78, 5) is 4.45. The zero-order valence-corrected chi connectivity index (χ0v) is 11.4. The van der Waals surface area contributed by atoms with Gasteiger partial charge in [0.25, 0.3) is 0 Å². The molecule has 2 atom stereocenters. The number of aliphatic hydroxyl groups is 1. The third-order valence-corrected chi connectivity index (χ3v) is 4.00. The molecule has 102 valence electrons. The van der Waals surface area contributed by atoms with Crippen molar-refractivity contribution in [1.29, 1.82) is 0 Å². The van der Waals surface area contributed by atoms with E-state index in [2.05, 4.69) is 23.9 Å². The molecule has 1 fully saturated rings. The number of fused-ring (bicyclic) bond motifs is 1. The first kappa shape index (κ1) is 12.7. The number of hydrogen-bond acceptors (Lipinski definition) is 4. The van der Waals surface area contributed by atoms with Crippen molar-refractivity contribution in [2.45, 2.75) is 12.1 Å². The Labute approximate surface area is 113 Å². The van der Waals surface area contributed by atoms with Crippen LogP contribution in [-0.2, 0) is 0 Å². The van der Waals surface area contributed by atoms with Gasteiger partial charge in [-0.2, -0.15) is 0 Å². The van der Waals surface area contributed by atoms with E-state index >= 15 is 0 Å². The Morgan fingerprint density at radius 1 is 1.26 bits per heavy atom. The molecule has 0 aliphatic carbocycles. The van der Waals surface area contributed by atoms with Crippen LogP contribution in [0.3, 0.4) is 0 Å². The van der Waals surface area contributed by atoms with Gasteiger partial charge in [0.1, 0.15) is 17.4 Å². The minimum absolute atomic E-state index is 0.0827. The number of nitrogens with zero attached hydrogens (tertiary/aromatic N) is 2. The van der Waals surface area contributed by atoms with Gasteiger partial charge < -0.3 is 14.4 Å². The molecular formula is C15H20N2O2. The lowest BCUT2D eigenvalue weighted by Gasteiger charge is -2.39. The van der Waals surface area contributed by atoms with Crippen molar-refractivity contribution >= 4 is 11.0 Å². The highest BCUT2D eigenvalue weighted by Gasteiger charge is 2.31. The normalized spacial score (nSPS) is 23.8. The van der Waals surface area contributed by atoms with Crippen molar-refractivity contribution < 1.29 is 9.52 Å². The second-order valence-corrected chi connectivity index (χ2v) is 5.44. The molecule has 4 heteroatoms. The summed E-state index contributed by atoms with van der Waals surface area (Å²) in [5.41, 5.74) is 0.836. The largest absolute Gasteiger partial charge is 0.458 e. The Kier molecular flexibility index (Phi) is 3.31. The van der Waals surface area contributed by atoms with Crippen molar-refractivity contribution in [2.24, 2.45) is 0 Å². The molecule has 2 aromatic rings. The predicted molar refractivity (Wildman–Crippen MR) is 75.1 cm³/mol. The number of para-hydroxylation sites is 1. The summed E-state index contributed by atoms with van der Waals surface area (Å²) in [5.74, 6) is 0.661. The summed E-state index contributed by atoms with van der Waals surface area (Å²) in [6, 6.07) is 9.90. The fourth-order valence-corrected chi connectivity index (χ4v) is 2.72. The molecule has 1 aliphatic heterocycles. The summed E-state index contributed by atoms with van der Waals surface area (Å²) in [6.45, 7) is 2.87. The van der Waals surface area contributed by atoms with E-state index in [-0.39, 0.29) is 6.04 Å². The minimum atomic E-state index is -0.583. The van der Waals surface area contributed by atoms with Gasteiger partial charge in [-0.15, -0.1) is 0 Å². The molecule has 4 nitrogen and oxygen atoms in total. The maximum Gasteiger partial charge on any atom is 0.135 e. The molecule has 3 rings (SSSR count). The maximum absolute atomic E-state index is 10.6. The lowest BCUT2D eigenvalue weighted by molar-refractivity contribution is 0.00408. The zero-order chi connectivity index (χ0) is 13.4. The monoisotopic (exact) mass is 260 g/mol. The van der Waals surface area contributed by atoms with Crippen LogP contribution in [0, 0.1) is 0 Å². The molecule has 1 N–H and O–H groups in total. The van der Waals surface area contributed by atoms with Crippen LogP contribution in [0.1, 0.15) is 11.9 Å². The van der Waals surface area contributed by atoms with Crippen molar-refractivity contribution in [1.82, 2.24) is 9.80 Å². The lowest BCUT2D eigenvalue weighted by atomic mass is 10.0. The third-order valence-electron chi connectivity index (χ3n) is 4.00. The molecule has 1 saturated heterocycles. The van der Waals surface area contributed by atoms with E-state index in [1.165, 1.54) is 0 Å². The van der Waals surface area contributed by atoms with E-state index in [9.17, 15) is 5.11 Å². The number of hydrogen-bond donors (Lipinski definition) is 1. The Balaban J connectivity index is 1.87. The van der Waals surface area contributed by atoms with Gasteiger partial charge in [0.2, 0.25) is 0 Å². The van der Waals surface area contributed by atoms with E-state index in [1.807, 2.05) is 30.3 Å². The molecule has 2 unspecified atom stereocenters. The molecule has 2 heterocycles. The standard InChI is InChI=1S/C15H20N2O2/c1-16-7-8-17(2)12(10-16)15(18)14-9-11-5-3-4-6-13(11)19-14/h3-6,9,12,15,18H,7-8,10H2,1-2H3. The highest BCUT2D eigenvalue weighted by Crippen LogP contribution is 2.28. The van der Waals surface area contributed by atoms with Gasteiger partial charge in [-0.05, 0) is 26.2 Å². The van der Waals surface area contributed by atoms with E-state index in [0.717, 1.165) is 30.6 Å². The van der Waals surface area contributed by atoms with Gasteiger partial charge in [0.05, 0.1) is 6.04 Å². The molecule has 0 saturated carbocycles. The van der Waals surface area contributed by atoms with Crippen LogP contribution in [-0.4, -0.2) is 54.7 Å². The molecule has 0 spiro atoms. The fourth-order valence-electron chi connectivity index (χ4n) is 2.72. The van der Waals surface area contributed by atoms with E-state index in [1.54, 1.807) is 0 Å². The van der Waals surface area contributed by atoms with Crippen LogP contribution in [0.15, 0.2) is 34.7 Å². The molecule has 19 heavy (non-hydrogen) atoms. The summed E-state index contributed by atoms with van der Waals surface area (Å²) in [5, 5.41) is 11.6. The first-order chi connectivity index (χ1) is 9.15. The molecule has 1 aromatic carbocycles. The number of benzene rings is 1. The molecule has 0 bridgehead atoms. The van der Waals surface area contributed by atoms with Gasteiger partial charge >= 0.3 is 0 Å². The second-order valence-electron chi connectivity index (χ2n) is 5.44. The van der Waals surface area contributed by atoms with Crippen LogP contribution >= 0.6 is 0 Å². The summed E-state index contributed by atoms with van der Waals surface area (Å²) >= 11 is 0. The van der Waals surface area contributed by atoms with Crippen molar-refractivity contribution in [3.63, 3.8) is 0 Å². The van der Waals surface area contributed by atoms with Crippen LogP contribution in [0.5, 0.6) is 0 Å². The van der Waals surface area contributed by atoms with Crippen LogP contribution in [0.2, 0.25) is 0 Å². The van der Waals surface area contributed by atoms with Crippen molar-refractivity contribution in [3.05, 3.63) is 36.1 Å². The minimum Gasteiger partial charge on any atom is -0.458 e. The van der Waals surface area contributed by atoms with Crippen molar-refractivity contribution in [3.8, 4) is 0 Å². The van der Waals surface area contributed by atoms with Gasteiger partial charge in [-0.1, -0.05) is 18.2 Å². The van der Waals surface area contributed by atoms with Gasteiger partial charge in [0, 0.05) is 25.0 Å². The summed E-state index contributed by atoms with van der Waals surface area (Å²) < 4.78 is 5.77. The van der Waals surface area contributed by atoms with Crippen LogP contribution < -0.4 is 0 Å². The number of likely N-dealkylation sites (N-methyl/N-ethyl adjacent to an activating group) is 2. The fraction of sp³-hybridized carbons (Fsp3) is 0.467. The van der Waals surface area contributed by atoms with E-state index in [4.69, 9.17) is 4.42 Å². The van der Waals surface area contributed by atoms with E-state index in [0.29, 0.717) is 5.76 Å². The molecule has 1 aromatic heterocycles. The average molecular weight is 260 g/mol. The number of rotatable bonds is 2. The number of piperazine rings is 1. The third kappa shape index (κ3) is 2.39. The Morgan fingerprint density at radius 2 is 2.05 bits per heavy atom. The SMILES string of the molecule is CN1CCN(C)C(C(O)c2cc3ccccc3o2)C1. The highest BCUT2D eigenvalue weighted by molar-refractivity contribution is 5.77. The summed E-state index contributed by atoms with van der Waals surface area (Å²) in [6.07, 6.45) is -0.583.